The molecule has 0 saturated carbocycles. The van der Waals surface area contributed by atoms with Gasteiger partial charge in [0, 0.05) is 17.3 Å². The van der Waals surface area contributed by atoms with Crippen LogP contribution in [0.5, 0.6) is 0 Å². The van der Waals surface area contributed by atoms with Crippen LogP contribution < -0.4 is 10.4 Å². The van der Waals surface area contributed by atoms with Crippen molar-refractivity contribution < 1.29 is 14.7 Å². The number of aliphatic carboxylic acids is 1. The van der Waals surface area contributed by atoms with Crippen molar-refractivity contribution in [2.45, 2.75) is 23.0 Å². The maximum absolute atomic E-state index is 11.8. The molecule has 1 aromatic rings. The molecule has 84 valence electrons. The minimum Gasteiger partial charge on any atom is -0.550 e. The van der Waals surface area contributed by atoms with E-state index in [4.69, 9.17) is 0 Å². The van der Waals surface area contributed by atoms with Crippen LogP contribution >= 0.6 is 11.8 Å². The van der Waals surface area contributed by atoms with Crippen molar-refractivity contribution in [1.82, 2.24) is 0 Å². The maximum atomic E-state index is 11.8. The summed E-state index contributed by atoms with van der Waals surface area (Å²) in [7, 11) is 0. The van der Waals surface area contributed by atoms with Crippen LogP contribution in [0.2, 0.25) is 0 Å². The fourth-order valence-electron chi connectivity index (χ4n) is 1.59. The molecule has 1 N–H and O–H groups in total. The molecule has 0 saturated heterocycles. The number of anilines is 1. The highest BCUT2D eigenvalue weighted by molar-refractivity contribution is 8.01. The van der Waals surface area contributed by atoms with Crippen LogP contribution in [0, 0.1) is 0 Å². The van der Waals surface area contributed by atoms with Gasteiger partial charge in [0.05, 0.1) is 5.69 Å². The zero-order valence-corrected chi connectivity index (χ0v) is 9.47. The lowest BCUT2D eigenvalue weighted by atomic mass is 10.1. The number of carboxylic acids is 1. The van der Waals surface area contributed by atoms with Crippen molar-refractivity contribution in [3.63, 3.8) is 0 Å². The van der Waals surface area contributed by atoms with Crippen molar-refractivity contribution in [1.29, 1.82) is 0 Å². The Morgan fingerprint density at radius 1 is 1.50 bits per heavy atom. The molecule has 0 aliphatic carbocycles. The molecule has 1 unspecified atom stereocenters. The van der Waals surface area contributed by atoms with Gasteiger partial charge in [0.2, 0.25) is 5.91 Å². The van der Waals surface area contributed by atoms with Crippen molar-refractivity contribution in [3.05, 3.63) is 24.3 Å². The number of carbonyl (C=O) groups excluding carboxylic acids is 2. The third-order valence-electron chi connectivity index (χ3n) is 2.43. The number of carboxylic acid groups (broad SMARTS) is 1. The number of nitrogens with one attached hydrogen (secondary N) is 1. The van der Waals surface area contributed by atoms with Crippen LogP contribution in [0.15, 0.2) is 29.2 Å². The second-order valence-electron chi connectivity index (χ2n) is 3.83. The van der Waals surface area contributed by atoms with Gasteiger partial charge < -0.3 is 15.2 Å². The molecule has 1 aliphatic heterocycles. The summed E-state index contributed by atoms with van der Waals surface area (Å²) in [6, 6.07) is 7.32. The fraction of sp³-hybridized carbons (Fsp3) is 0.273. The van der Waals surface area contributed by atoms with E-state index in [1.807, 2.05) is 18.2 Å². The van der Waals surface area contributed by atoms with Gasteiger partial charge in [0.1, 0.15) is 4.75 Å². The Morgan fingerprint density at radius 2 is 2.19 bits per heavy atom. The van der Waals surface area contributed by atoms with E-state index in [9.17, 15) is 14.7 Å². The number of thioether (sulfide) groups is 1. The number of benzene rings is 1. The van der Waals surface area contributed by atoms with Crippen LogP contribution in [-0.2, 0) is 9.59 Å². The predicted molar refractivity (Wildman–Crippen MR) is 59.0 cm³/mol. The minimum atomic E-state index is -1.22. The van der Waals surface area contributed by atoms with Gasteiger partial charge in [0.15, 0.2) is 0 Å². The molecule has 16 heavy (non-hydrogen) atoms. The molecule has 1 amide bonds. The monoisotopic (exact) mass is 236 g/mol. The Morgan fingerprint density at radius 3 is 2.88 bits per heavy atom. The van der Waals surface area contributed by atoms with Crippen molar-refractivity contribution in [2.24, 2.45) is 0 Å². The van der Waals surface area contributed by atoms with Crippen LogP contribution in [0.25, 0.3) is 0 Å². The molecule has 1 heterocycles. The first-order valence-corrected chi connectivity index (χ1v) is 5.62. The summed E-state index contributed by atoms with van der Waals surface area (Å²) >= 11 is 1.26. The Hall–Kier alpha value is -1.49. The summed E-state index contributed by atoms with van der Waals surface area (Å²) in [5, 5.41) is 13.3. The van der Waals surface area contributed by atoms with Crippen molar-refractivity contribution >= 4 is 29.3 Å². The standard InChI is InChI=1S/C11H11NO3S/c1-11(6-9(13)14)10(15)12-7-4-2-3-5-8(7)16-11/h2-5H,6H2,1H3,(H,12,15)(H,13,14)/p-1. The van der Waals surface area contributed by atoms with Gasteiger partial charge in [-0.2, -0.15) is 0 Å². The first-order valence-electron chi connectivity index (χ1n) is 4.81. The van der Waals surface area contributed by atoms with E-state index < -0.39 is 10.7 Å². The SMILES string of the molecule is CC1(CC(=O)[O-])Sc2ccccc2NC1=O. The summed E-state index contributed by atoms with van der Waals surface area (Å²) in [5.41, 5.74) is 0.730. The number of rotatable bonds is 2. The Bertz CT molecular complexity index is 460. The second kappa shape index (κ2) is 3.83. The van der Waals surface area contributed by atoms with Gasteiger partial charge in [-0.25, -0.2) is 0 Å². The molecule has 0 bridgehead atoms. The topological polar surface area (TPSA) is 69.2 Å². The third-order valence-corrected chi connectivity index (χ3v) is 3.79. The lowest BCUT2D eigenvalue weighted by Gasteiger charge is -2.33. The molecule has 0 spiro atoms. The minimum absolute atomic E-state index is 0.291. The lowest BCUT2D eigenvalue weighted by molar-refractivity contribution is -0.306. The molecular weight excluding hydrogens is 226 g/mol. The molecule has 1 atom stereocenters. The van der Waals surface area contributed by atoms with Gasteiger partial charge in [-0.1, -0.05) is 12.1 Å². The third kappa shape index (κ3) is 1.90. The van der Waals surface area contributed by atoms with E-state index in [0.29, 0.717) is 0 Å². The number of fused-ring (bicyclic) bond motifs is 1. The number of hydrogen-bond donors (Lipinski definition) is 1. The Kier molecular flexibility index (Phi) is 2.63. The largest absolute Gasteiger partial charge is 0.550 e. The van der Waals surface area contributed by atoms with E-state index in [0.717, 1.165) is 10.6 Å². The van der Waals surface area contributed by atoms with Gasteiger partial charge in [-0.3, -0.25) is 4.79 Å². The van der Waals surface area contributed by atoms with Crippen LogP contribution in [0.1, 0.15) is 13.3 Å². The molecule has 0 aromatic heterocycles. The summed E-state index contributed by atoms with van der Waals surface area (Å²) in [6.07, 6.45) is -0.294. The lowest BCUT2D eigenvalue weighted by Crippen LogP contribution is -2.44. The van der Waals surface area contributed by atoms with E-state index in [1.54, 1.807) is 13.0 Å². The predicted octanol–water partition coefficient (Wildman–Crippen LogP) is 0.630. The molecule has 1 aromatic carbocycles. The van der Waals surface area contributed by atoms with Crippen LogP contribution in [0.3, 0.4) is 0 Å². The summed E-state index contributed by atoms with van der Waals surface area (Å²) in [6.45, 7) is 1.61. The van der Waals surface area contributed by atoms with Gasteiger partial charge in [-0.05, 0) is 19.1 Å². The quantitative estimate of drug-likeness (QED) is 0.817. The van der Waals surface area contributed by atoms with Crippen molar-refractivity contribution in [3.8, 4) is 0 Å². The number of carbonyl (C=O) groups is 2. The van der Waals surface area contributed by atoms with Gasteiger partial charge >= 0.3 is 0 Å². The van der Waals surface area contributed by atoms with E-state index in [2.05, 4.69) is 5.32 Å². The first kappa shape index (κ1) is 11.0. The van der Waals surface area contributed by atoms with Gasteiger partial charge in [-0.15, -0.1) is 11.8 Å². The van der Waals surface area contributed by atoms with E-state index in [-0.39, 0.29) is 12.3 Å². The average Bonchev–Trinajstić information content (AvgIpc) is 2.18. The Balaban J connectivity index is 2.34. The number of hydrogen-bond acceptors (Lipinski definition) is 4. The number of para-hydroxylation sites is 1. The smallest absolute Gasteiger partial charge is 0.241 e. The highest BCUT2D eigenvalue weighted by atomic mass is 32.2. The van der Waals surface area contributed by atoms with Crippen LogP contribution in [0.4, 0.5) is 5.69 Å². The highest BCUT2D eigenvalue weighted by Gasteiger charge is 2.38. The van der Waals surface area contributed by atoms with Crippen molar-refractivity contribution in [2.75, 3.05) is 5.32 Å². The van der Waals surface area contributed by atoms with Gasteiger partial charge in [0.25, 0.3) is 0 Å². The second-order valence-corrected chi connectivity index (χ2v) is 5.38. The summed E-state index contributed by atoms with van der Waals surface area (Å²) < 4.78 is -0.993. The average molecular weight is 236 g/mol. The van der Waals surface area contributed by atoms with E-state index >= 15 is 0 Å². The summed E-state index contributed by atoms with van der Waals surface area (Å²) in [5.74, 6) is -1.51. The molecular formula is C11H10NO3S-. The molecule has 4 nitrogen and oxygen atoms in total. The molecule has 0 radical (unpaired) electrons. The highest BCUT2D eigenvalue weighted by Crippen LogP contribution is 2.43. The van der Waals surface area contributed by atoms with E-state index in [1.165, 1.54) is 11.8 Å². The zero-order chi connectivity index (χ0) is 11.8. The summed E-state index contributed by atoms with van der Waals surface area (Å²) in [4.78, 5) is 23.3. The maximum Gasteiger partial charge on any atom is 0.241 e. The molecule has 5 heteroatoms. The number of amides is 1. The van der Waals surface area contributed by atoms with Crippen LogP contribution in [-0.4, -0.2) is 16.6 Å². The molecule has 1 aliphatic rings. The first-order chi connectivity index (χ1) is 7.51. The molecule has 0 fully saturated rings. The Labute approximate surface area is 97.0 Å². The molecule has 2 rings (SSSR count). The fourth-order valence-corrected chi connectivity index (χ4v) is 2.79. The zero-order valence-electron chi connectivity index (χ0n) is 8.65. The normalized spacial score (nSPS) is 23.4.